The molecular formula is C29H28ClFO5. The average Bonchev–Trinajstić information content (AvgIpc) is 2.86. The standard InChI is InChI=1S/C29H28ClFO5/c1-17(2)23-15-24(18-7-4-9-20(30)13-18)27(19-8-5-10-21(31)14-19)36-28(23)22-11-6-12-25(34-3)29(22)35-16-26(32)33/h4-14,23-24,27-28H,1,15-16H2,2-3H3,(H,32,33)/t23-,24-,27+,28-/m1/s1. The van der Waals surface area contributed by atoms with Gasteiger partial charge in [-0.1, -0.05) is 60.2 Å². The molecular weight excluding hydrogens is 483 g/mol. The van der Waals surface area contributed by atoms with Gasteiger partial charge < -0.3 is 19.3 Å². The first-order chi connectivity index (χ1) is 17.3. The van der Waals surface area contributed by atoms with Crippen molar-refractivity contribution in [1.82, 2.24) is 0 Å². The van der Waals surface area contributed by atoms with E-state index in [2.05, 4.69) is 6.58 Å². The van der Waals surface area contributed by atoms with Gasteiger partial charge >= 0.3 is 5.97 Å². The van der Waals surface area contributed by atoms with Crippen LogP contribution in [-0.4, -0.2) is 24.8 Å². The predicted octanol–water partition coefficient (Wildman–Crippen LogP) is 7.13. The monoisotopic (exact) mass is 510 g/mol. The van der Waals surface area contributed by atoms with Crippen molar-refractivity contribution in [2.45, 2.75) is 31.5 Å². The first kappa shape index (κ1) is 25.7. The summed E-state index contributed by atoms with van der Waals surface area (Å²) in [6.07, 6.45) is -0.389. The summed E-state index contributed by atoms with van der Waals surface area (Å²) in [5.41, 5.74) is 3.22. The number of benzene rings is 3. The van der Waals surface area contributed by atoms with Crippen LogP contribution in [0.25, 0.3) is 0 Å². The second-order valence-electron chi connectivity index (χ2n) is 8.94. The zero-order valence-electron chi connectivity index (χ0n) is 20.1. The summed E-state index contributed by atoms with van der Waals surface area (Å²) < 4.78 is 32.2. The van der Waals surface area contributed by atoms with Crippen LogP contribution in [0.1, 0.15) is 48.2 Å². The molecule has 188 valence electrons. The Morgan fingerprint density at radius 1 is 1.11 bits per heavy atom. The van der Waals surface area contributed by atoms with Gasteiger partial charge in [-0.2, -0.15) is 0 Å². The van der Waals surface area contributed by atoms with Crippen molar-refractivity contribution in [3.05, 3.63) is 106 Å². The molecule has 0 bridgehead atoms. The second-order valence-corrected chi connectivity index (χ2v) is 9.38. The molecule has 1 N–H and O–H groups in total. The number of aliphatic carboxylic acids is 1. The number of methoxy groups -OCH3 is 1. The largest absolute Gasteiger partial charge is 0.493 e. The lowest BCUT2D eigenvalue weighted by atomic mass is 9.74. The molecule has 1 aliphatic heterocycles. The van der Waals surface area contributed by atoms with Gasteiger partial charge in [0.25, 0.3) is 0 Å². The Morgan fingerprint density at radius 2 is 1.83 bits per heavy atom. The molecule has 1 heterocycles. The van der Waals surface area contributed by atoms with Gasteiger partial charge in [0.05, 0.1) is 19.3 Å². The summed E-state index contributed by atoms with van der Waals surface area (Å²) in [6.45, 7) is 5.64. The van der Waals surface area contributed by atoms with Crippen LogP contribution in [0.3, 0.4) is 0 Å². The van der Waals surface area contributed by atoms with E-state index in [1.54, 1.807) is 18.2 Å². The number of para-hydroxylation sites is 1. The molecule has 0 saturated carbocycles. The molecule has 0 aliphatic carbocycles. The number of rotatable bonds is 8. The minimum absolute atomic E-state index is 0.127. The van der Waals surface area contributed by atoms with E-state index in [4.69, 9.17) is 25.8 Å². The Kier molecular flexibility index (Phi) is 7.97. The molecule has 4 atom stereocenters. The van der Waals surface area contributed by atoms with Gasteiger partial charge in [0, 0.05) is 22.4 Å². The Morgan fingerprint density at radius 3 is 2.50 bits per heavy atom. The number of hydrogen-bond donors (Lipinski definition) is 1. The highest BCUT2D eigenvalue weighted by Crippen LogP contribution is 2.54. The van der Waals surface area contributed by atoms with E-state index in [9.17, 15) is 14.3 Å². The van der Waals surface area contributed by atoms with Crippen molar-refractivity contribution < 1.29 is 28.5 Å². The number of ether oxygens (including phenoxy) is 3. The summed E-state index contributed by atoms with van der Waals surface area (Å²) >= 11 is 6.32. The maximum Gasteiger partial charge on any atom is 0.341 e. The number of hydrogen-bond acceptors (Lipinski definition) is 4. The summed E-state index contributed by atoms with van der Waals surface area (Å²) in [6, 6.07) is 19.3. The van der Waals surface area contributed by atoms with E-state index in [-0.39, 0.29) is 17.7 Å². The summed E-state index contributed by atoms with van der Waals surface area (Å²) in [5.74, 6) is -1.02. The summed E-state index contributed by atoms with van der Waals surface area (Å²) in [5, 5.41) is 9.83. The van der Waals surface area contributed by atoms with E-state index < -0.39 is 24.8 Å². The van der Waals surface area contributed by atoms with Crippen LogP contribution in [0.15, 0.2) is 78.9 Å². The first-order valence-corrected chi connectivity index (χ1v) is 12.0. The second kappa shape index (κ2) is 11.1. The van der Waals surface area contributed by atoms with Gasteiger partial charge in [-0.3, -0.25) is 0 Å². The van der Waals surface area contributed by atoms with Gasteiger partial charge in [-0.05, 0) is 54.8 Å². The van der Waals surface area contributed by atoms with Crippen molar-refractivity contribution in [3.63, 3.8) is 0 Å². The molecule has 0 aromatic heterocycles. The van der Waals surface area contributed by atoms with Crippen molar-refractivity contribution in [1.29, 1.82) is 0 Å². The Labute approximate surface area is 215 Å². The molecule has 0 amide bonds. The van der Waals surface area contributed by atoms with Crippen molar-refractivity contribution in [2.24, 2.45) is 5.92 Å². The third-order valence-corrected chi connectivity index (χ3v) is 6.73. The smallest absolute Gasteiger partial charge is 0.341 e. The number of carboxylic acid groups (broad SMARTS) is 1. The highest BCUT2D eigenvalue weighted by Gasteiger charge is 2.42. The molecule has 1 saturated heterocycles. The third kappa shape index (κ3) is 5.55. The molecule has 3 aromatic carbocycles. The summed E-state index contributed by atoms with van der Waals surface area (Å²) in [4.78, 5) is 11.3. The van der Waals surface area contributed by atoms with Crippen LogP contribution in [0, 0.1) is 11.7 Å². The topological polar surface area (TPSA) is 65.0 Å². The van der Waals surface area contributed by atoms with E-state index in [0.29, 0.717) is 34.1 Å². The van der Waals surface area contributed by atoms with Crippen molar-refractivity contribution in [3.8, 4) is 11.5 Å². The predicted molar refractivity (Wildman–Crippen MR) is 136 cm³/mol. The molecule has 3 aromatic rings. The van der Waals surface area contributed by atoms with Gasteiger partial charge in [-0.15, -0.1) is 0 Å². The highest BCUT2D eigenvalue weighted by molar-refractivity contribution is 6.30. The highest BCUT2D eigenvalue weighted by atomic mass is 35.5. The maximum atomic E-state index is 14.3. The van der Waals surface area contributed by atoms with Gasteiger partial charge in [-0.25, -0.2) is 9.18 Å². The molecule has 7 heteroatoms. The van der Waals surface area contributed by atoms with Gasteiger partial charge in [0.15, 0.2) is 18.1 Å². The maximum absolute atomic E-state index is 14.3. The summed E-state index contributed by atoms with van der Waals surface area (Å²) in [7, 11) is 1.50. The number of halogens is 2. The molecule has 1 aliphatic rings. The molecule has 1 fully saturated rings. The quantitative estimate of drug-likeness (QED) is 0.326. The molecule has 5 nitrogen and oxygen atoms in total. The van der Waals surface area contributed by atoms with E-state index in [1.165, 1.54) is 19.2 Å². The lowest BCUT2D eigenvalue weighted by Gasteiger charge is -2.43. The molecule has 0 unspecified atom stereocenters. The van der Waals surface area contributed by atoms with Gasteiger partial charge in [0.1, 0.15) is 5.82 Å². The molecule has 0 spiro atoms. The van der Waals surface area contributed by atoms with E-state index in [0.717, 1.165) is 11.1 Å². The zero-order chi connectivity index (χ0) is 25.8. The lowest BCUT2D eigenvalue weighted by molar-refractivity contribution is -0.139. The molecule has 4 rings (SSSR count). The normalized spacial score (nSPS) is 21.6. The fourth-order valence-electron chi connectivity index (χ4n) is 4.87. The third-order valence-electron chi connectivity index (χ3n) is 6.49. The minimum atomic E-state index is -1.11. The first-order valence-electron chi connectivity index (χ1n) is 11.6. The van der Waals surface area contributed by atoms with Crippen LogP contribution < -0.4 is 9.47 Å². The van der Waals surface area contributed by atoms with E-state index in [1.807, 2.05) is 43.3 Å². The van der Waals surface area contributed by atoms with Crippen LogP contribution in [0.2, 0.25) is 5.02 Å². The number of carbonyl (C=O) groups is 1. The fourth-order valence-corrected chi connectivity index (χ4v) is 5.07. The van der Waals surface area contributed by atoms with Crippen LogP contribution in [0.5, 0.6) is 11.5 Å². The average molecular weight is 511 g/mol. The molecule has 0 radical (unpaired) electrons. The Bertz CT molecular complexity index is 1260. The fraction of sp³-hybridized carbons (Fsp3) is 0.276. The number of carboxylic acids is 1. The Balaban J connectivity index is 1.83. The van der Waals surface area contributed by atoms with Crippen LogP contribution >= 0.6 is 11.6 Å². The van der Waals surface area contributed by atoms with Gasteiger partial charge in [0.2, 0.25) is 0 Å². The van der Waals surface area contributed by atoms with Crippen LogP contribution in [-0.2, 0) is 9.53 Å². The molecule has 36 heavy (non-hydrogen) atoms. The van der Waals surface area contributed by atoms with Crippen molar-refractivity contribution in [2.75, 3.05) is 13.7 Å². The zero-order valence-corrected chi connectivity index (χ0v) is 20.9. The van der Waals surface area contributed by atoms with Crippen LogP contribution in [0.4, 0.5) is 4.39 Å². The lowest BCUT2D eigenvalue weighted by Crippen LogP contribution is -2.32. The minimum Gasteiger partial charge on any atom is -0.493 e. The van der Waals surface area contributed by atoms with E-state index >= 15 is 0 Å². The van der Waals surface area contributed by atoms with Crippen molar-refractivity contribution >= 4 is 17.6 Å². The Hall–Kier alpha value is -3.35. The SMILES string of the molecule is C=C(C)[C@H]1C[C@H](c2cccc(Cl)c2)[C@H](c2cccc(F)c2)O[C@@H]1c1cccc(OC)c1OCC(=O)O.